The van der Waals surface area contributed by atoms with Gasteiger partial charge in [0.05, 0.1) is 12.6 Å². The fourth-order valence-corrected chi connectivity index (χ4v) is 5.16. The van der Waals surface area contributed by atoms with Gasteiger partial charge in [-0.1, -0.05) is 55.1 Å². The van der Waals surface area contributed by atoms with Crippen molar-refractivity contribution in [2.75, 3.05) is 13.2 Å². The Labute approximate surface area is 222 Å². The smallest absolute Gasteiger partial charge is 0.273 e. The van der Waals surface area contributed by atoms with E-state index in [0.717, 1.165) is 27.8 Å². The zero-order valence-corrected chi connectivity index (χ0v) is 21.8. The van der Waals surface area contributed by atoms with Crippen LogP contribution in [-0.2, 0) is 6.54 Å². The molecule has 7 heteroatoms. The molecular formula is C31H31N3O4. The number of aryl methyl sites for hydroxylation is 2. The van der Waals surface area contributed by atoms with Crippen LogP contribution in [0.5, 0.6) is 17.2 Å². The van der Waals surface area contributed by atoms with Crippen LogP contribution in [0.2, 0.25) is 0 Å². The van der Waals surface area contributed by atoms with E-state index >= 15 is 0 Å². The van der Waals surface area contributed by atoms with Gasteiger partial charge in [-0.3, -0.25) is 9.89 Å². The lowest BCUT2D eigenvalue weighted by Crippen LogP contribution is -2.29. The third kappa shape index (κ3) is 4.52. The molecule has 1 aliphatic heterocycles. The number of phenols is 1. The average Bonchev–Trinajstić information content (AvgIpc) is 3.42. The third-order valence-corrected chi connectivity index (χ3v) is 6.70. The van der Waals surface area contributed by atoms with Gasteiger partial charge in [-0.25, -0.2) is 0 Å². The molecule has 0 fully saturated rings. The molecule has 0 spiro atoms. The molecule has 4 aromatic rings. The highest BCUT2D eigenvalue weighted by Gasteiger charge is 2.43. The summed E-state index contributed by atoms with van der Waals surface area (Å²) in [6, 6.07) is 18.9. The Morgan fingerprint density at radius 2 is 1.87 bits per heavy atom. The number of nitrogens with one attached hydrogen (secondary N) is 1. The van der Waals surface area contributed by atoms with Crippen LogP contribution < -0.4 is 9.47 Å². The van der Waals surface area contributed by atoms with E-state index < -0.39 is 6.04 Å². The minimum Gasteiger partial charge on any atom is -0.507 e. The summed E-state index contributed by atoms with van der Waals surface area (Å²) in [4.78, 5) is 15.6. The first kappa shape index (κ1) is 25.1. The van der Waals surface area contributed by atoms with Crippen LogP contribution in [0.4, 0.5) is 0 Å². The van der Waals surface area contributed by atoms with Crippen molar-refractivity contribution in [2.45, 2.75) is 33.4 Å². The van der Waals surface area contributed by atoms with Crippen LogP contribution in [0.25, 0.3) is 11.3 Å². The number of rotatable bonds is 9. The lowest BCUT2D eigenvalue weighted by molar-refractivity contribution is 0.0729. The van der Waals surface area contributed by atoms with Crippen molar-refractivity contribution in [3.63, 3.8) is 0 Å². The van der Waals surface area contributed by atoms with Crippen molar-refractivity contribution in [1.29, 1.82) is 0 Å². The summed E-state index contributed by atoms with van der Waals surface area (Å²) in [5.74, 6) is 1.18. The van der Waals surface area contributed by atoms with E-state index in [0.29, 0.717) is 48.2 Å². The summed E-state index contributed by atoms with van der Waals surface area (Å²) in [7, 11) is 0. The molecule has 1 aromatic heterocycles. The first-order valence-electron chi connectivity index (χ1n) is 12.7. The third-order valence-electron chi connectivity index (χ3n) is 6.70. The second-order valence-corrected chi connectivity index (χ2v) is 9.40. The lowest BCUT2D eigenvalue weighted by Gasteiger charge is -2.27. The van der Waals surface area contributed by atoms with Gasteiger partial charge in [0.25, 0.3) is 5.91 Å². The molecule has 0 radical (unpaired) electrons. The number of hydrogen-bond acceptors (Lipinski definition) is 5. The molecule has 0 saturated carbocycles. The molecule has 1 amide bonds. The molecule has 1 atom stereocenters. The molecule has 0 saturated heterocycles. The quantitative estimate of drug-likeness (QED) is 0.266. The number of benzene rings is 3. The van der Waals surface area contributed by atoms with E-state index in [1.54, 1.807) is 12.1 Å². The van der Waals surface area contributed by atoms with Gasteiger partial charge in [0, 0.05) is 17.7 Å². The summed E-state index contributed by atoms with van der Waals surface area (Å²) < 4.78 is 11.7. The van der Waals surface area contributed by atoms with E-state index in [2.05, 4.69) is 16.8 Å². The molecule has 38 heavy (non-hydrogen) atoms. The van der Waals surface area contributed by atoms with Crippen molar-refractivity contribution in [1.82, 2.24) is 15.1 Å². The van der Waals surface area contributed by atoms with E-state index in [1.165, 1.54) is 0 Å². The highest BCUT2D eigenvalue weighted by molar-refractivity contribution is 6.00. The van der Waals surface area contributed by atoms with E-state index in [9.17, 15) is 9.90 Å². The number of H-pyrrole nitrogens is 1. The lowest BCUT2D eigenvalue weighted by atomic mass is 9.93. The average molecular weight is 510 g/mol. The molecule has 1 unspecified atom stereocenters. The minimum atomic E-state index is -0.459. The second kappa shape index (κ2) is 10.5. The number of carbonyl (C=O) groups excluding carboxylic acids is 1. The van der Waals surface area contributed by atoms with Gasteiger partial charge in [-0.15, -0.1) is 0 Å². The fraction of sp³-hybridized carbons (Fsp3) is 0.226. The summed E-state index contributed by atoms with van der Waals surface area (Å²) >= 11 is 0. The number of ether oxygens (including phenoxy) is 2. The van der Waals surface area contributed by atoms with Crippen molar-refractivity contribution in [3.8, 4) is 28.5 Å². The van der Waals surface area contributed by atoms with Gasteiger partial charge in [0.1, 0.15) is 23.7 Å². The normalized spacial score (nSPS) is 14.4. The summed E-state index contributed by atoms with van der Waals surface area (Å²) in [5, 5.41) is 18.5. The number of hydrogen-bond donors (Lipinski definition) is 2. The molecule has 2 N–H and O–H groups in total. The van der Waals surface area contributed by atoms with E-state index in [4.69, 9.17) is 9.47 Å². The zero-order chi connectivity index (χ0) is 26.8. The SMILES string of the molecule is C=CCOc1ccc(C2c3c(-c4c(C)cc(C)cc4O)n[nH]c3C(=O)N2Cc2ccccc2)cc1OCC. The van der Waals surface area contributed by atoms with Crippen LogP contribution >= 0.6 is 0 Å². The number of fused-ring (bicyclic) bond motifs is 1. The summed E-state index contributed by atoms with van der Waals surface area (Å²) in [6.07, 6.45) is 1.68. The predicted molar refractivity (Wildman–Crippen MR) is 147 cm³/mol. The fourth-order valence-electron chi connectivity index (χ4n) is 5.16. The molecule has 3 aromatic carbocycles. The van der Waals surface area contributed by atoms with Crippen molar-refractivity contribution < 1.29 is 19.4 Å². The van der Waals surface area contributed by atoms with Crippen molar-refractivity contribution in [3.05, 3.63) is 107 Å². The van der Waals surface area contributed by atoms with Gasteiger partial charge < -0.3 is 19.5 Å². The predicted octanol–water partition coefficient (Wildman–Crippen LogP) is 6.11. The van der Waals surface area contributed by atoms with Crippen LogP contribution in [0.3, 0.4) is 0 Å². The maximum absolute atomic E-state index is 13.8. The van der Waals surface area contributed by atoms with Crippen LogP contribution in [0, 0.1) is 13.8 Å². The number of aromatic amines is 1. The van der Waals surface area contributed by atoms with Crippen molar-refractivity contribution in [2.24, 2.45) is 0 Å². The number of aromatic nitrogens is 2. The molecule has 2 heterocycles. The molecule has 0 aliphatic carbocycles. The standard InChI is InChI=1S/C31H31N3O4/c1-5-14-38-24-13-12-22(17-25(24)37-6-2)30-27-28(26-20(4)15-19(3)16-23(26)35)32-33-29(27)31(36)34(30)18-21-10-8-7-9-11-21/h5,7-13,15-17,30,35H,1,6,14,18H2,2-4H3,(H,32,33). The molecule has 7 nitrogen and oxygen atoms in total. The van der Waals surface area contributed by atoms with Crippen LogP contribution in [0.15, 0.2) is 73.3 Å². The Balaban J connectivity index is 1.68. The van der Waals surface area contributed by atoms with Gasteiger partial charge >= 0.3 is 0 Å². The molecule has 0 bridgehead atoms. The zero-order valence-electron chi connectivity index (χ0n) is 21.8. The Morgan fingerprint density at radius 1 is 1.08 bits per heavy atom. The minimum absolute atomic E-state index is 0.132. The highest BCUT2D eigenvalue weighted by Crippen LogP contribution is 2.47. The van der Waals surface area contributed by atoms with Crippen LogP contribution in [0.1, 0.15) is 51.3 Å². The topological polar surface area (TPSA) is 87.7 Å². The number of aromatic hydroxyl groups is 1. The van der Waals surface area contributed by atoms with Gasteiger partial charge in [0.2, 0.25) is 0 Å². The largest absolute Gasteiger partial charge is 0.507 e. The Kier molecular flexibility index (Phi) is 6.92. The number of carbonyl (C=O) groups is 1. The molecular weight excluding hydrogens is 478 g/mol. The van der Waals surface area contributed by atoms with Gasteiger partial charge in [-0.2, -0.15) is 5.10 Å². The second-order valence-electron chi connectivity index (χ2n) is 9.40. The Morgan fingerprint density at radius 3 is 2.58 bits per heavy atom. The molecule has 194 valence electrons. The van der Waals surface area contributed by atoms with E-state index in [1.807, 2.05) is 80.3 Å². The summed E-state index contributed by atoms with van der Waals surface area (Å²) in [5.41, 5.74) is 6.03. The maximum atomic E-state index is 13.8. The summed E-state index contributed by atoms with van der Waals surface area (Å²) in [6.45, 7) is 10.7. The first-order valence-corrected chi connectivity index (χ1v) is 12.7. The van der Waals surface area contributed by atoms with Gasteiger partial charge in [0.15, 0.2) is 11.5 Å². The van der Waals surface area contributed by atoms with E-state index in [-0.39, 0.29) is 11.7 Å². The van der Waals surface area contributed by atoms with Crippen molar-refractivity contribution >= 4 is 5.91 Å². The molecule has 1 aliphatic rings. The van der Waals surface area contributed by atoms with Gasteiger partial charge in [-0.05, 0) is 61.2 Å². The molecule has 5 rings (SSSR count). The monoisotopic (exact) mass is 509 g/mol. The highest BCUT2D eigenvalue weighted by atomic mass is 16.5. The van der Waals surface area contributed by atoms with Crippen LogP contribution in [-0.4, -0.2) is 39.3 Å². The number of amides is 1. The Hall–Kier alpha value is -4.52. The first-order chi connectivity index (χ1) is 18.4. The Bertz CT molecular complexity index is 1470. The number of phenolic OH excluding ortho intramolecular Hbond substituents is 1. The maximum Gasteiger partial charge on any atom is 0.273 e. The number of nitrogens with zero attached hydrogens (tertiary/aromatic N) is 2.